The minimum Gasteiger partial charge on any atom is -0.481 e. The first-order valence-electron chi connectivity index (χ1n) is 3.00. The Hall–Kier alpha value is -0.985. The highest BCUT2D eigenvalue weighted by Crippen LogP contribution is 2.08. The van der Waals surface area contributed by atoms with Gasteiger partial charge in [0.05, 0.1) is 7.11 Å². The molecule has 10 heavy (non-hydrogen) atoms. The number of nitrogens with zero attached hydrogens (tertiary/aromatic N) is 1. The molecule has 0 unspecified atom stereocenters. The van der Waals surface area contributed by atoms with E-state index in [1.165, 1.54) is 0 Å². The van der Waals surface area contributed by atoms with E-state index in [1.807, 2.05) is 13.0 Å². The Bertz CT molecular complexity index is 237. The Morgan fingerprint density at radius 2 is 2.30 bits per heavy atom. The number of rotatable bonds is 1. The van der Waals surface area contributed by atoms with Crippen LogP contribution in [0, 0.1) is 6.92 Å². The highest BCUT2D eigenvalue weighted by Gasteiger charge is 1.96. The lowest BCUT2D eigenvalue weighted by Crippen LogP contribution is -2.05. The van der Waals surface area contributed by atoms with Crippen molar-refractivity contribution in [3.8, 4) is 5.88 Å². The van der Waals surface area contributed by atoms with Crippen LogP contribution in [0.3, 0.4) is 0 Å². The van der Waals surface area contributed by atoms with Crippen LogP contribution in [-0.2, 0) is 0 Å². The van der Waals surface area contributed by atoms with Crippen LogP contribution < -0.4 is 10.2 Å². The molecule has 0 atom stereocenters. The van der Waals surface area contributed by atoms with Gasteiger partial charge in [-0.2, -0.15) is 0 Å². The van der Waals surface area contributed by atoms with E-state index < -0.39 is 0 Å². The minimum atomic E-state index is 0.634. The monoisotopic (exact) mass is 133 g/mol. The number of hydrogen-bond donors (Lipinski definition) is 0. The van der Waals surface area contributed by atoms with Gasteiger partial charge in [-0.05, 0) is 6.92 Å². The summed E-state index contributed by atoms with van der Waals surface area (Å²) in [6, 6.07) is 1.83. The highest BCUT2D eigenvalue weighted by atomic mass is 16.5. The molecule has 0 spiro atoms. The second-order valence-electron chi connectivity index (χ2n) is 2.09. The van der Waals surface area contributed by atoms with Gasteiger partial charge < -0.3 is 4.74 Å². The van der Waals surface area contributed by atoms with Crippen molar-refractivity contribution in [3.05, 3.63) is 17.8 Å². The molecule has 1 heterocycles. The van der Waals surface area contributed by atoms with Gasteiger partial charge in [0.2, 0.25) is 5.88 Å². The number of hydrogen-bond acceptors (Lipinski definition) is 2. The lowest BCUT2D eigenvalue weighted by molar-refractivity contribution is 0.395. The molecular formula is C7H8BNO. The Morgan fingerprint density at radius 3 is 2.80 bits per heavy atom. The fourth-order valence-electron chi connectivity index (χ4n) is 0.798. The van der Waals surface area contributed by atoms with E-state index in [0.717, 1.165) is 5.56 Å². The predicted octanol–water partition coefficient (Wildman–Crippen LogP) is 0.192. The Morgan fingerprint density at radius 1 is 1.60 bits per heavy atom. The summed E-state index contributed by atoms with van der Waals surface area (Å²) in [6.45, 7) is 1.90. The summed E-state index contributed by atoms with van der Waals surface area (Å²) in [6.07, 6.45) is 1.58. The molecule has 1 rings (SSSR count). The lowest BCUT2D eigenvalue weighted by atomic mass is 9.97. The van der Waals surface area contributed by atoms with Gasteiger partial charge in [0, 0.05) is 11.8 Å². The van der Waals surface area contributed by atoms with E-state index in [1.54, 1.807) is 13.3 Å². The van der Waals surface area contributed by atoms with Gasteiger partial charge in [-0.15, -0.1) is 0 Å². The number of pyridine rings is 1. The van der Waals surface area contributed by atoms with Crippen molar-refractivity contribution in [2.75, 3.05) is 7.11 Å². The van der Waals surface area contributed by atoms with Gasteiger partial charge in [0.25, 0.3) is 0 Å². The third-order valence-corrected chi connectivity index (χ3v) is 1.24. The molecule has 0 saturated heterocycles. The van der Waals surface area contributed by atoms with Crippen LogP contribution in [0.5, 0.6) is 5.88 Å². The van der Waals surface area contributed by atoms with Crippen LogP contribution >= 0.6 is 0 Å². The topological polar surface area (TPSA) is 22.1 Å². The maximum absolute atomic E-state index is 5.46. The van der Waals surface area contributed by atoms with Crippen LogP contribution in [0.2, 0.25) is 0 Å². The summed E-state index contributed by atoms with van der Waals surface area (Å²) in [5, 5.41) is 0. The molecule has 1 aromatic heterocycles. The average molecular weight is 133 g/mol. The fourth-order valence-corrected chi connectivity index (χ4v) is 0.798. The first kappa shape index (κ1) is 7.13. The van der Waals surface area contributed by atoms with Gasteiger partial charge in [-0.1, -0.05) is 11.5 Å². The maximum atomic E-state index is 5.46. The highest BCUT2D eigenvalue weighted by molar-refractivity contribution is 6.32. The molecule has 0 aliphatic carbocycles. The molecule has 0 fully saturated rings. The number of aromatic nitrogens is 1. The average Bonchev–Trinajstić information content (AvgIpc) is 1.88. The standard InChI is InChI=1S/C7H8BNO/c1-5-3-6(8)4-9-7(5)10-2/h3-4H,1-2H3. The van der Waals surface area contributed by atoms with Gasteiger partial charge in [-0.25, -0.2) is 4.98 Å². The summed E-state index contributed by atoms with van der Waals surface area (Å²) in [5.74, 6) is 0.634. The molecule has 0 aromatic carbocycles. The van der Waals surface area contributed by atoms with Gasteiger partial charge in [-0.3, -0.25) is 0 Å². The molecule has 0 aliphatic heterocycles. The van der Waals surface area contributed by atoms with Crippen LogP contribution in [0.1, 0.15) is 5.56 Å². The summed E-state index contributed by atoms with van der Waals surface area (Å²) in [5.41, 5.74) is 1.63. The van der Waals surface area contributed by atoms with Crippen molar-refractivity contribution >= 4 is 13.3 Å². The Kier molecular flexibility index (Phi) is 1.95. The number of methoxy groups -OCH3 is 1. The zero-order valence-corrected chi connectivity index (χ0v) is 6.09. The van der Waals surface area contributed by atoms with Crippen LogP contribution in [-0.4, -0.2) is 19.9 Å². The summed E-state index contributed by atoms with van der Waals surface area (Å²) in [7, 11) is 7.05. The SMILES string of the molecule is [B]c1cnc(OC)c(C)c1. The van der Waals surface area contributed by atoms with Crippen molar-refractivity contribution in [1.29, 1.82) is 0 Å². The van der Waals surface area contributed by atoms with Crippen molar-refractivity contribution in [2.24, 2.45) is 0 Å². The van der Waals surface area contributed by atoms with E-state index in [9.17, 15) is 0 Å². The van der Waals surface area contributed by atoms with Crippen LogP contribution in [0.25, 0.3) is 0 Å². The first-order chi connectivity index (χ1) is 4.74. The van der Waals surface area contributed by atoms with E-state index in [-0.39, 0.29) is 0 Å². The molecule has 0 N–H and O–H groups in total. The van der Waals surface area contributed by atoms with Gasteiger partial charge in [0.15, 0.2) is 0 Å². The van der Waals surface area contributed by atoms with Crippen molar-refractivity contribution in [1.82, 2.24) is 4.98 Å². The van der Waals surface area contributed by atoms with Crippen LogP contribution in [0.4, 0.5) is 0 Å². The normalized spacial score (nSPS) is 9.40. The van der Waals surface area contributed by atoms with Gasteiger partial charge in [0.1, 0.15) is 7.85 Å². The molecule has 0 aliphatic rings. The minimum absolute atomic E-state index is 0.634. The molecule has 2 nitrogen and oxygen atoms in total. The molecule has 50 valence electrons. The smallest absolute Gasteiger partial charge is 0.215 e. The largest absolute Gasteiger partial charge is 0.481 e. The van der Waals surface area contributed by atoms with E-state index in [4.69, 9.17) is 12.6 Å². The molecular weight excluding hydrogens is 125 g/mol. The van der Waals surface area contributed by atoms with Gasteiger partial charge >= 0.3 is 0 Å². The molecule has 2 radical (unpaired) electrons. The molecule has 1 aromatic rings. The molecule has 3 heteroatoms. The molecule has 0 amide bonds. The zero-order chi connectivity index (χ0) is 7.56. The second-order valence-corrected chi connectivity index (χ2v) is 2.09. The Balaban J connectivity index is 3.07. The summed E-state index contributed by atoms with van der Waals surface area (Å²) >= 11 is 0. The van der Waals surface area contributed by atoms with E-state index in [2.05, 4.69) is 4.98 Å². The molecule has 0 saturated carbocycles. The Labute approximate surface area is 61.6 Å². The maximum Gasteiger partial charge on any atom is 0.215 e. The second kappa shape index (κ2) is 2.73. The summed E-state index contributed by atoms with van der Waals surface area (Å²) in [4.78, 5) is 3.95. The van der Waals surface area contributed by atoms with Crippen molar-refractivity contribution < 1.29 is 4.74 Å². The van der Waals surface area contributed by atoms with Crippen molar-refractivity contribution in [3.63, 3.8) is 0 Å². The fraction of sp³-hybridized carbons (Fsp3) is 0.286. The lowest BCUT2D eigenvalue weighted by Gasteiger charge is -2.02. The molecule has 0 bridgehead atoms. The first-order valence-corrected chi connectivity index (χ1v) is 3.00. The van der Waals surface area contributed by atoms with Crippen LogP contribution in [0.15, 0.2) is 12.3 Å². The number of aryl methyl sites for hydroxylation is 1. The zero-order valence-electron chi connectivity index (χ0n) is 6.09. The third-order valence-electron chi connectivity index (χ3n) is 1.24. The number of ether oxygens (including phenoxy) is 1. The summed E-state index contributed by atoms with van der Waals surface area (Å²) < 4.78 is 4.93. The van der Waals surface area contributed by atoms with E-state index >= 15 is 0 Å². The van der Waals surface area contributed by atoms with E-state index in [0.29, 0.717) is 11.3 Å². The third kappa shape index (κ3) is 1.29. The predicted molar refractivity (Wildman–Crippen MR) is 40.9 cm³/mol. The quantitative estimate of drug-likeness (QED) is 0.510. The van der Waals surface area contributed by atoms with Crippen molar-refractivity contribution in [2.45, 2.75) is 6.92 Å².